The Kier molecular flexibility index (Phi) is 5.17. The minimum Gasteiger partial charge on any atom is -0.468 e. The van der Waals surface area contributed by atoms with Crippen LogP contribution in [0.5, 0.6) is 0 Å². The maximum atomic E-state index is 12.7. The predicted molar refractivity (Wildman–Crippen MR) is 79.5 cm³/mol. The van der Waals surface area contributed by atoms with Crippen molar-refractivity contribution in [2.24, 2.45) is 0 Å². The number of rotatable bonds is 4. The summed E-state index contributed by atoms with van der Waals surface area (Å²) in [6.45, 7) is 0.0152. The van der Waals surface area contributed by atoms with Crippen molar-refractivity contribution in [3.63, 3.8) is 0 Å². The maximum absolute atomic E-state index is 12.7. The van der Waals surface area contributed by atoms with Crippen LogP contribution in [0.4, 0.5) is 0 Å². The number of carbonyl (C=O) groups is 2. The molecule has 5 heteroatoms. The fourth-order valence-corrected chi connectivity index (χ4v) is 3.03. The first kappa shape index (κ1) is 15.0. The van der Waals surface area contributed by atoms with Crippen LogP contribution in [0.2, 0.25) is 0 Å². The highest BCUT2D eigenvalue weighted by Gasteiger charge is 2.30. The molecule has 108 valence electrons. The predicted octanol–water partition coefficient (Wildman–Crippen LogP) is 3.01. The molecule has 0 spiro atoms. The fraction of sp³-hybridized carbons (Fsp3) is 0.467. The number of nitrogens with zero attached hydrogens (tertiary/aromatic N) is 1. The average molecular weight is 340 g/mol. The van der Waals surface area contributed by atoms with Gasteiger partial charge in [0.05, 0.1) is 12.7 Å². The second-order valence-electron chi connectivity index (χ2n) is 4.93. The summed E-state index contributed by atoms with van der Waals surface area (Å²) in [7, 11) is 1.35. The number of halogens is 1. The molecule has 1 saturated carbocycles. The highest BCUT2D eigenvalue weighted by Crippen LogP contribution is 2.26. The zero-order valence-electron chi connectivity index (χ0n) is 11.5. The van der Waals surface area contributed by atoms with Gasteiger partial charge in [-0.25, -0.2) is 0 Å². The molecule has 0 bridgehead atoms. The van der Waals surface area contributed by atoms with Gasteiger partial charge in [0.1, 0.15) is 6.54 Å². The Bertz CT molecular complexity index is 498. The summed E-state index contributed by atoms with van der Waals surface area (Å²) >= 11 is 3.39. The summed E-state index contributed by atoms with van der Waals surface area (Å²) in [6, 6.07) is 7.42. The number of benzene rings is 1. The largest absolute Gasteiger partial charge is 0.468 e. The highest BCUT2D eigenvalue weighted by atomic mass is 79.9. The zero-order valence-corrected chi connectivity index (χ0v) is 13.1. The van der Waals surface area contributed by atoms with E-state index < -0.39 is 0 Å². The molecule has 1 aromatic carbocycles. The molecule has 2 rings (SSSR count). The van der Waals surface area contributed by atoms with E-state index in [0.29, 0.717) is 5.56 Å². The molecule has 0 saturated heterocycles. The molecule has 0 N–H and O–H groups in total. The topological polar surface area (TPSA) is 46.6 Å². The van der Waals surface area contributed by atoms with Crippen LogP contribution in [-0.2, 0) is 9.53 Å². The van der Waals surface area contributed by atoms with Gasteiger partial charge < -0.3 is 9.64 Å². The summed E-state index contributed by atoms with van der Waals surface area (Å²) in [4.78, 5) is 25.9. The van der Waals surface area contributed by atoms with Gasteiger partial charge in [-0.15, -0.1) is 0 Å². The van der Waals surface area contributed by atoms with Crippen LogP contribution in [-0.4, -0.2) is 36.5 Å². The number of amides is 1. The van der Waals surface area contributed by atoms with Gasteiger partial charge in [-0.1, -0.05) is 25.0 Å². The van der Waals surface area contributed by atoms with Crippen LogP contribution in [0.25, 0.3) is 0 Å². The van der Waals surface area contributed by atoms with E-state index in [1.54, 1.807) is 11.0 Å². The third-order valence-electron chi connectivity index (χ3n) is 3.66. The Labute approximate surface area is 127 Å². The molecule has 4 nitrogen and oxygen atoms in total. The van der Waals surface area contributed by atoms with Crippen molar-refractivity contribution in [2.45, 2.75) is 31.7 Å². The van der Waals surface area contributed by atoms with Crippen LogP contribution in [0.3, 0.4) is 0 Å². The SMILES string of the molecule is COC(=O)CN(C(=O)c1ccccc1Br)C1CCCC1. The lowest BCUT2D eigenvalue weighted by atomic mass is 10.1. The Morgan fingerprint density at radius 3 is 2.55 bits per heavy atom. The summed E-state index contributed by atoms with van der Waals surface area (Å²) in [5, 5.41) is 0. The molecule has 0 radical (unpaired) electrons. The quantitative estimate of drug-likeness (QED) is 0.792. The summed E-state index contributed by atoms with van der Waals surface area (Å²) in [5.74, 6) is -0.493. The van der Waals surface area contributed by atoms with Crippen LogP contribution in [0.1, 0.15) is 36.0 Å². The molecule has 0 atom stereocenters. The molecule has 1 amide bonds. The molecular formula is C15H18BrNO3. The Morgan fingerprint density at radius 1 is 1.30 bits per heavy atom. The van der Waals surface area contributed by atoms with Crippen molar-refractivity contribution in [1.82, 2.24) is 4.90 Å². The van der Waals surface area contributed by atoms with Crippen molar-refractivity contribution in [1.29, 1.82) is 0 Å². The molecule has 1 aliphatic rings. The first-order valence-electron chi connectivity index (χ1n) is 6.76. The smallest absolute Gasteiger partial charge is 0.325 e. The highest BCUT2D eigenvalue weighted by molar-refractivity contribution is 9.10. The van der Waals surface area contributed by atoms with Crippen molar-refractivity contribution < 1.29 is 14.3 Å². The van der Waals surface area contributed by atoms with E-state index in [2.05, 4.69) is 15.9 Å². The Balaban J connectivity index is 2.23. The van der Waals surface area contributed by atoms with E-state index in [0.717, 1.165) is 30.2 Å². The van der Waals surface area contributed by atoms with Gasteiger partial charge in [-0.05, 0) is 40.9 Å². The zero-order chi connectivity index (χ0) is 14.5. The summed E-state index contributed by atoms with van der Waals surface area (Å²) in [6.07, 6.45) is 4.11. The molecular weight excluding hydrogens is 322 g/mol. The van der Waals surface area contributed by atoms with Gasteiger partial charge in [-0.3, -0.25) is 9.59 Å². The third kappa shape index (κ3) is 3.39. The van der Waals surface area contributed by atoms with Crippen LogP contribution < -0.4 is 0 Å². The number of methoxy groups -OCH3 is 1. The van der Waals surface area contributed by atoms with Gasteiger partial charge in [0.2, 0.25) is 0 Å². The van der Waals surface area contributed by atoms with E-state index in [1.807, 2.05) is 18.2 Å². The van der Waals surface area contributed by atoms with Crippen LogP contribution in [0.15, 0.2) is 28.7 Å². The number of hydrogen-bond donors (Lipinski definition) is 0. The van der Waals surface area contributed by atoms with Gasteiger partial charge in [0.15, 0.2) is 0 Å². The molecule has 1 fully saturated rings. The number of carbonyl (C=O) groups excluding carboxylic acids is 2. The van der Waals surface area contributed by atoms with E-state index in [1.165, 1.54) is 7.11 Å². The maximum Gasteiger partial charge on any atom is 0.325 e. The number of esters is 1. The van der Waals surface area contributed by atoms with Gasteiger partial charge in [-0.2, -0.15) is 0 Å². The molecule has 0 aromatic heterocycles. The summed E-state index contributed by atoms with van der Waals surface area (Å²) < 4.78 is 5.46. The normalized spacial score (nSPS) is 15.1. The number of hydrogen-bond acceptors (Lipinski definition) is 3. The molecule has 20 heavy (non-hydrogen) atoms. The lowest BCUT2D eigenvalue weighted by Gasteiger charge is -2.28. The second-order valence-corrected chi connectivity index (χ2v) is 5.78. The monoisotopic (exact) mass is 339 g/mol. The van der Waals surface area contributed by atoms with Crippen LogP contribution in [0, 0.1) is 0 Å². The standard InChI is InChI=1S/C15H18BrNO3/c1-20-14(18)10-17(11-6-2-3-7-11)15(19)12-8-4-5-9-13(12)16/h4-5,8-9,11H,2-3,6-7,10H2,1H3. The lowest BCUT2D eigenvalue weighted by Crippen LogP contribution is -2.42. The lowest BCUT2D eigenvalue weighted by molar-refractivity contribution is -0.141. The second kappa shape index (κ2) is 6.88. The van der Waals surface area contributed by atoms with Gasteiger partial charge >= 0.3 is 5.97 Å². The van der Waals surface area contributed by atoms with Crippen molar-refractivity contribution >= 4 is 27.8 Å². The van der Waals surface area contributed by atoms with E-state index >= 15 is 0 Å². The first-order chi connectivity index (χ1) is 9.63. The average Bonchev–Trinajstić information content (AvgIpc) is 2.98. The van der Waals surface area contributed by atoms with Crippen LogP contribution >= 0.6 is 15.9 Å². The van der Waals surface area contributed by atoms with Crippen molar-refractivity contribution in [2.75, 3.05) is 13.7 Å². The molecule has 1 aromatic rings. The fourth-order valence-electron chi connectivity index (χ4n) is 2.58. The Hall–Kier alpha value is -1.36. The van der Waals surface area contributed by atoms with Crippen molar-refractivity contribution in [3.8, 4) is 0 Å². The van der Waals surface area contributed by atoms with E-state index in [9.17, 15) is 9.59 Å². The molecule has 0 aliphatic heterocycles. The first-order valence-corrected chi connectivity index (χ1v) is 7.55. The van der Waals surface area contributed by atoms with E-state index in [4.69, 9.17) is 4.74 Å². The molecule has 0 heterocycles. The number of ether oxygens (including phenoxy) is 1. The molecule has 0 unspecified atom stereocenters. The Morgan fingerprint density at radius 2 is 1.95 bits per heavy atom. The van der Waals surface area contributed by atoms with Crippen molar-refractivity contribution in [3.05, 3.63) is 34.3 Å². The van der Waals surface area contributed by atoms with E-state index in [-0.39, 0.29) is 24.5 Å². The minimum atomic E-state index is -0.377. The van der Waals surface area contributed by atoms with Gasteiger partial charge in [0.25, 0.3) is 5.91 Å². The summed E-state index contributed by atoms with van der Waals surface area (Å²) in [5.41, 5.74) is 0.586. The molecule has 1 aliphatic carbocycles. The third-order valence-corrected chi connectivity index (χ3v) is 4.35. The minimum absolute atomic E-state index is 0.0152. The van der Waals surface area contributed by atoms with Gasteiger partial charge in [0, 0.05) is 10.5 Å².